The second-order valence-electron chi connectivity index (χ2n) is 4.31. The van der Waals surface area contributed by atoms with Crippen molar-refractivity contribution in [1.29, 1.82) is 0 Å². The zero-order chi connectivity index (χ0) is 13.5. The number of aromatic nitrogens is 1. The molecule has 0 radical (unpaired) electrons. The molecular formula is C15H18N2O2. The van der Waals surface area contributed by atoms with Gasteiger partial charge in [-0.1, -0.05) is 23.4 Å². The van der Waals surface area contributed by atoms with Crippen LogP contribution in [0, 0.1) is 0 Å². The number of aryl methyl sites for hydroxylation is 1. The monoisotopic (exact) mass is 258 g/mol. The highest BCUT2D eigenvalue weighted by Crippen LogP contribution is 2.15. The third-order valence-corrected chi connectivity index (χ3v) is 2.99. The number of anilines is 1. The minimum absolute atomic E-state index is 0.146. The second kappa shape index (κ2) is 6.73. The van der Waals surface area contributed by atoms with Gasteiger partial charge in [0, 0.05) is 31.1 Å². The standard InChI is InChI=1S/C15H18N2O2/c1-2-17(13-7-4-3-5-8-13)15(18)10-6-9-14-11-12-16-19-14/h3-5,7-8,11-12H,2,6,9-10H2,1H3. The fraction of sp³-hybridized carbons (Fsp3) is 0.333. The molecule has 4 heteroatoms. The van der Waals surface area contributed by atoms with Gasteiger partial charge in [0.2, 0.25) is 5.91 Å². The molecule has 2 rings (SSSR count). The zero-order valence-electron chi connectivity index (χ0n) is 11.1. The van der Waals surface area contributed by atoms with E-state index in [4.69, 9.17) is 4.52 Å². The maximum absolute atomic E-state index is 12.2. The molecule has 19 heavy (non-hydrogen) atoms. The summed E-state index contributed by atoms with van der Waals surface area (Å²) in [5.41, 5.74) is 0.953. The molecule has 0 bridgehead atoms. The molecule has 0 saturated heterocycles. The van der Waals surface area contributed by atoms with Crippen LogP contribution in [0.1, 0.15) is 25.5 Å². The summed E-state index contributed by atoms with van der Waals surface area (Å²) in [7, 11) is 0. The molecule has 0 unspecified atom stereocenters. The van der Waals surface area contributed by atoms with Crippen molar-refractivity contribution in [3.63, 3.8) is 0 Å². The molecule has 0 aliphatic carbocycles. The van der Waals surface area contributed by atoms with Crippen molar-refractivity contribution in [2.75, 3.05) is 11.4 Å². The highest BCUT2D eigenvalue weighted by Gasteiger charge is 2.13. The van der Waals surface area contributed by atoms with Crippen molar-refractivity contribution in [2.45, 2.75) is 26.2 Å². The number of carbonyl (C=O) groups is 1. The number of hydrogen-bond acceptors (Lipinski definition) is 3. The smallest absolute Gasteiger partial charge is 0.226 e. The molecule has 1 aromatic heterocycles. The van der Waals surface area contributed by atoms with Crippen LogP contribution in [0.3, 0.4) is 0 Å². The van der Waals surface area contributed by atoms with Crippen molar-refractivity contribution in [1.82, 2.24) is 5.16 Å². The topological polar surface area (TPSA) is 46.3 Å². The summed E-state index contributed by atoms with van der Waals surface area (Å²) >= 11 is 0. The van der Waals surface area contributed by atoms with Crippen molar-refractivity contribution in [3.05, 3.63) is 48.4 Å². The van der Waals surface area contributed by atoms with E-state index in [1.807, 2.05) is 43.3 Å². The fourth-order valence-corrected chi connectivity index (χ4v) is 2.03. The van der Waals surface area contributed by atoms with Crippen LogP contribution in [0.25, 0.3) is 0 Å². The Hall–Kier alpha value is -2.10. The van der Waals surface area contributed by atoms with Crippen LogP contribution >= 0.6 is 0 Å². The molecule has 0 aliphatic rings. The van der Waals surface area contributed by atoms with Gasteiger partial charge in [0.1, 0.15) is 5.76 Å². The lowest BCUT2D eigenvalue weighted by molar-refractivity contribution is -0.118. The summed E-state index contributed by atoms with van der Waals surface area (Å²) in [5, 5.41) is 3.65. The first-order valence-corrected chi connectivity index (χ1v) is 6.56. The van der Waals surface area contributed by atoms with Gasteiger partial charge in [0.15, 0.2) is 0 Å². The molecule has 1 heterocycles. The quantitative estimate of drug-likeness (QED) is 0.800. The van der Waals surface area contributed by atoms with Crippen LogP contribution in [0.15, 0.2) is 47.1 Å². The van der Waals surface area contributed by atoms with Crippen molar-refractivity contribution >= 4 is 11.6 Å². The first-order valence-electron chi connectivity index (χ1n) is 6.56. The van der Waals surface area contributed by atoms with Crippen LogP contribution in [-0.2, 0) is 11.2 Å². The normalized spacial score (nSPS) is 10.4. The molecule has 1 aromatic carbocycles. The molecule has 4 nitrogen and oxygen atoms in total. The van der Waals surface area contributed by atoms with Crippen molar-refractivity contribution < 1.29 is 9.32 Å². The predicted octanol–water partition coefficient (Wildman–Crippen LogP) is 3.05. The lowest BCUT2D eigenvalue weighted by atomic mass is 10.2. The lowest BCUT2D eigenvalue weighted by Crippen LogP contribution is -2.30. The summed E-state index contributed by atoms with van der Waals surface area (Å²) in [6, 6.07) is 11.6. The summed E-state index contributed by atoms with van der Waals surface area (Å²) in [6.45, 7) is 2.67. The van der Waals surface area contributed by atoms with Crippen molar-refractivity contribution in [2.24, 2.45) is 0 Å². The van der Waals surface area contributed by atoms with Crippen LogP contribution in [0.5, 0.6) is 0 Å². The number of para-hydroxylation sites is 1. The van der Waals surface area contributed by atoms with E-state index in [0.29, 0.717) is 13.0 Å². The molecule has 0 N–H and O–H groups in total. The summed E-state index contributed by atoms with van der Waals surface area (Å²) in [4.78, 5) is 14.0. The molecule has 0 aliphatic heterocycles. The van der Waals surface area contributed by atoms with Crippen LogP contribution < -0.4 is 4.90 Å². The average molecular weight is 258 g/mol. The van der Waals surface area contributed by atoms with Gasteiger partial charge >= 0.3 is 0 Å². The molecule has 100 valence electrons. The number of rotatable bonds is 6. The Balaban J connectivity index is 1.87. The summed E-state index contributed by atoms with van der Waals surface area (Å²) in [6.07, 6.45) is 3.67. The third-order valence-electron chi connectivity index (χ3n) is 2.99. The molecule has 0 fully saturated rings. The van der Waals surface area contributed by atoms with E-state index < -0.39 is 0 Å². The highest BCUT2D eigenvalue weighted by molar-refractivity contribution is 5.93. The van der Waals surface area contributed by atoms with Gasteiger partial charge in [-0.2, -0.15) is 0 Å². The molecule has 0 saturated carbocycles. The van der Waals surface area contributed by atoms with Crippen LogP contribution in [0.4, 0.5) is 5.69 Å². The van der Waals surface area contributed by atoms with Gasteiger partial charge in [-0.15, -0.1) is 0 Å². The number of benzene rings is 1. The summed E-state index contributed by atoms with van der Waals surface area (Å²) in [5.74, 6) is 0.976. The Kier molecular flexibility index (Phi) is 4.72. The van der Waals surface area contributed by atoms with Gasteiger partial charge in [-0.05, 0) is 25.5 Å². The number of amides is 1. The molecular weight excluding hydrogens is 240 g/mol. The Labute approximate surface area is 113 Å². The lowest BCUT2D eigenvalue weighted by Gasteiger charge is -2.20. The van der Waals surface area contributed by atoms with Gasteiger partial charge < -0.3 is 9.42 Å². The van der Waals surface area contributed by atoms with E-state index in [2.05, 4.69) is 5.16 Å². The van der Waals surface area contributed by atoms with E-state index in [0.717, 1.165) is 24.3 Å². The first kappa shape index (κ1) is 13.3. The Morgan fingerprint density at radius 2 is 2.05 bits per heavy atom. The Morgan fingerprint density at radius 1 is 1.26 bits per heavy atom. The molecule has 0 spiro atoms. The minimum Gasteiger partial charge on any atom is -0.361 e. The predicted molar refractivity (Wildman–Crippen MR) is 73.9 cm³/mol. The number of carbonyl (C=O) groups excluding carboxylic acids is 1. The average Bonchev–Trinajstić information content (AvgIpc) is 2.94. The Bertz CT molecular complexity index is 494. The third kappa shape index (κ3) is 3.68. The van der Waals surface area contributed by atoms with Crippen molar-refractivity contribution in [3.8, 4) is 0 Å². The van der Waals surface area contributed by atoms with E-state index in [1.165, 1.54) is 0 Å². The molecule has 1 amide bonds. The zero-order valence-corrected chi connectivity index (χ0v) is 11.1. The van der Waals surface area contributed by atoms with Gasteiger partial charge in [-0.3, -0.25) is 4.79 Å². The summed E-state index contributed by atoms with van der Waals surface area (Å²) < 4.78 is 5.01. The largest absolute Gasteiger partial charge is 0.361 e. The maximum atomic E-state index is 12.2. The molecule has 2 aromatic rings. The number of nitrogens with zero attached hydrogens (tertiary/aromatic N) is 2. The number of hydrogen-bond donors (Lipinski definition) is 0. The second-order valence-corrected chi connectivity index (χ2v) is 4.31. The molecule has 0 atom stereocenters. The van der Waals surface area contributed by atoms with E-state index >= 15 is 0 Å². The maximum Gasteiger partial charge on any atom is 0.226 e. The van der Waals surface area contributed by atoms with Crippen LogP contribution in [-0.4, -0.2) is 17.6 Å². The fourth-order valence-electron chi connectivity index (χ4n) is 2.03. The highest BCUT2D eigenvalue weighted by atomic mass is 16.5. The van der Waals surface area contributed by atoms with Gasteiger partial charge in [-0.25, -0.2) is 0 Å². The van der Waals surface area contributed by atoms with Gasteiger partial charge in [0.25, 0.3) is 0 Å². The van der Waals surface area contributed by atoms with E-state index in [-0.39, 0.29) is 5.91 Å². The SMILES string of the molecule is CCN(C(=O)CCCc1ccno1)c1ccccc1. The van der Waals surface area contributed by atoms with E-state index in [1.54, 1.807) is 11.1 Å². The van der Waals surface area contributed by atoms with E-state index in [9.17, 15) is 4.79 Å². The minimum atomic E-state index is 0.146. The first-order chi connectivity index (χ1) is 9.31. The van der Waals surface area contributed by atoms with Crippen LogP contribution in [0.2, 0.25) is 0 Å². The van der Waals surface area contributed by atoms with Gasteiger partial charge in [0.05, 0.1) is 6.20 Å². The Morgan fingerprint density at radius 3 is 2.68 bits per heavy atom.